The molecule has 0 saturated heterocycles. The number of hydrogen-bond acceptors (Lipinski definition) is 6. The second-order valence-corrected chi connectivity index (χ2v) is 14.4. The minimum atomic E-state index is 0.721. The zero-order valence-corrected chi connectivity index (χ0v) is 30.0. The van der Waals surface area contributed by atoms with E-state index >= 15 is 0 Å². The van der Waals surface area contributed by atoms with E-state index in [-0.39, 0.29) is 0 Å². The maximum atomic E-state index is 3.54. The Morgan fingerprint density at radius 3 is 1.23 bits per heavy atom. The van der Waals surface area contributed by atoms with Gasteiger partial charge in [-0.2, -0.15) is 0 Å². The molecule has 1 aliphatic carbocycles. The Morgan fingerprint density at radius 1 is 0.500 bits per heavy atom. The van der Waals surface area contributed by atoms with E-state index in [0.29, 0.717) is 0 Å². The van der Waals surface area contributed by atoms with Crippen molar-refractivity contribution in [1.82, 2.24) is 10.2 Å². The Kier molecular flexibility index (Phi) is 15.7. The molecule has 4 aromatic carbocycles. The second-order valence-electron chi connectivity index (χ2n) is 11.0. The highest BCUT2D eigenvalue weighted by Gasteiger charge is 2.23. The molecule has 0 aliphatic heterocycles. The van der Waals surface area contributed by atoms with Crippen LogP contribution in [0.5, 0.6) is 0 Å². The van der Waals surface area contributed by atoms with E-state index in [4.69, 9.17) is 0 Å². The molecular weight excluding hydrogens is 613 g/mol. The summed E-state index contributed by atoms with van der Waals surface area (Å²) in [5.41, 5.74) is 5.69. The van der Waals surface area contributed by atoms with Crippen LogP contribution in [0.25, 0.3) is 0 Å². The van der Waals surface area contributed by atoms with Crippen molar-refractivity contribution >= 4 is 47.0 Å². The largest absolute Gasteiger partial charge is 0.309 e. The van der Waals surface area contributed by atoms with Gasteiger partial charge in [0, 0.05) is 51.8 Å². The number of benzene rings is 4. The Balaban J connectivity index is 0.000000209. The summed E-state index contributed by atoms with van der Waals surface area (Å²) in [6.45, 7) is 3.95. The lowest BCUT2D eigenvalue weighted by atomic mass is 9.93. The van der Waals surface area contributed by atoms with Gasteiger partial charge in [0.15, 0.2) is 0 Å². The first kappa shape index (κ1) is 35.1. The van der Waals surface area contributed by atoms with E-state index in [0.717, 1.165) is 32.2 Å². The van der Waals surface area contributed by atoms with E-state index in [1.54, 1.807) is 23.5 Å². The summed E-state index contributed by atoms with van der Waals surface area (Å²) in [6, 6.07) is 35.7. The van der Waals surface area contributed by atoms with E-state index in [2.05, 4.69) is 132 Å². The van der Waals surface area contributed by atoms with Crippen molar-refractivity contribution in [3.05, 3.63) is 119 Å². The van der Waals surface area contributed by atoms with Crippen molar-refractivity contribution in [1.29, 1.82) is 0 Å². The summed E-state index contributed by atoms with van der Waals surface area (Å²) >= 11 is 7.34. The van der Waals surface area contributed by atoms with Crippen molar-refractivity contribution < 1.29 is 0 Å². The first-order valence-corrected chi connectivity index (χ1v) is 20.5. The topological polar surface area (TPSA) is 15.3 Å². The fraction of sp³-hybridized carbons (Fsp3) is 0.368. The molecular formula is C38H48N2S4. The number of rotatable bonds is 13. The maximum absolute atomic E-state index is 3.54. The zero-order chi connectivity index (χ0) is 31.0. The molecule has 1 fully saturated rings. The molecule has 0 unspecified atom stereocenters. The molecule has 0 radical (unpaired) electrons. The Bertz CT molecular complexity index is 1310. The molecule has 1 saturated carbocycles. The first-order valence-electron chi connectivity index (χ1n) is 15.6. The van der Waals surface area contributed by atoms with Gasteiger partial charge in [-0.15, -0.1) is 47.0 Å². The molecule has 0 atom stereocenters. The van der Waals surface area contributed by atoms with Gasteiger partial charge in [-0.25, -0.2) is 0 Å². The minimum Gasteiger partial charge on any atom is -0.309 e. The lowest BCUT2D eigenvalue weighted by Gasteiger charge is -2.35. The fourth-order valence-corrected chi connectivity index (χ4v) is 8.35. The predicted molar refractivity (Wildman–Crippen MR) is 200 cm³/mol. The first-order chi connectivity index (χ1) is 21.7. The lowest BCUT2D eigenvalue weighted by molar-refractivity contribution is 0.138. The molecule has 234 valence electrons. The number of thioether (sulfide) groups is 4. The average molecular weight is 661 g/mol. The standard InChI is InChI=1S/C22H29NS2.C16H19NS2/c1-24-21-14-8-6-10-18(21)16-23(20-12-4-3-5-13-20)17-19-11-7-9-15-22(19)25-2;1-18-15-9-5-3-7-13(15)11-17-12-14-8-4-6-10-16(14)19-2/h6-11,14-15,20H,3-5,12-13,16-17H2,1-2H3;3-10,17H,11-12H2,1-2H3. The molecule has 0 aromatic heterocycles. The van der Waals surface area contributed by atoms with Crippen LogP contribution in [-0.4, -0.2) is 36.0 Å². The third-order valence-corrected chi connectivity index (χ3v) is 11.6. The van der Waals surface area contributed by atoms with Crippen LogP contribution in [0.1, 0.15) is 54.4 Å². The van der Waals surface area contributed by atoms with Crippen LogP contribution in [0, 0.1) is 0 Å². The van der Waals surface area contributed by atoms with Crippen LogP contribution in [0.15, 0.2) is 117 Å². The van der Waals surface area contributed by atoms with E-state index in [9.17, 15) is 0 Å². The summed E-state index contributed by atoms with van der Waals surface area (Å²) in [7, 11) is 0. The number of nitrogens with one attached hydrogen (secondary N) is 1. The zero-order valence-electron chi connectivity index (χ0n) is 26.8. The molecule has 6 heteroatoms. The van der Waals surface area contributed by atoms with Gasteiger partial charge in [0.05, 0.1) is 0 Å². The molecule has 5 rings (SSSR count). The van der Waals surface area contributed by atoms with E-state index in [1.165, 1.54) is 73.9 Å². The summed E-state index contributed by atoms with van der Waals surface area (Å²) in [5, 5.41) is 3.54. The SMILES string of the molecule is CSc1ccccc1CN(Cc1ccccc1SC)C1CCCCC1.CSc1ccccc1CNCc1ccccc1SC. The monoisotopic (exact) mass is 660 g/mol. The Morgan fingerprint density at radius 2 is 0.841 bits per heavy atom. The fourth-order valence-electron chi connectivity index (χ4n) is 5.89. The van der Waals surface area contributed by atoms with Gasteiger partial charge < -0.3 is 5.32 Å². The normalized spacial score (nSPS) is 13.5. The number of hydrogen-bond donors (Lipinski definition) is 1. The van der Waals surface area contributed by atoms with Crippen LogP contribution in [-0.2, 0) is 26.2 Å². The molecule has 0 heterocycles. The molecule has 0 spiro atoms. The van der Waals surface area contributed by atoms with Crippen molar-refractivity contribution in [2.75, 3.05) is 25.0 Å². The van der Waals surface area contributed by atoms with Gasteiger partial charge in [0.25, 0.3) is 0 Å². The predicted octanol–water partition coefficient (Wildman–Crippen LogP) is 10.9. The van der Waals surface area contributed by atoms with Crippen molar-refractivity contribution in [3.63, 3.8) is 0 Å². The van der Waals surface area contributed by atoms with Gasteiger partial charge in [-0.1, -0.05) is 92.1 Å². The second kappa shape index (κ2) is 19.7. The van der Waals surface area contributed by atoms with E-state index in [1.807, 2.05) is 23.5 Å². The summed E-state index contributed by atoms with van der Waals surface area (Å²) in [4.78, 5) is 8.28. The highest BCUT2D eigenvalue weighted by molar-refractivity contribution is 7.99. The average Bonchev–Trinajstić information content (AvgIpc) is 3.09. The number of nitrogens with zero attached hydrogens (tertiary/aromatic N) is 1. The van der Waals surface area contributed by atoms with Gasteiger partial charge in [-0.3, -0.25) is 4.90 Å². The van der Waals surface area contributed by atoms with Crippen molar-refractivity contribution in [2.45, 2.75) is 83.9 Å². The van der Waals surface area contributed by atoms with E-state index < -0.39 is 0 Å². The molecule has 4 aromatic rings. The van der Waals surface area contributed by atoms with Crippen molar-refractivity contribution in [3.8, 4) is 0 Å². The van der Waals surface area contributed by atoms with Gasteiger partial charge in [0.1, 0.15) is 0 Å². The minimum absolute atomic E-state index is 0.721. The van der Waals surface area contributed by atoms with Crippen molar-refractivity contribution in [2.24, 2.45) is 0 Å². The van der Waals surface area contributed by atoms with Crippen LogP contribution >= 0.6 is 47.0 Å². The van der Waals surface area contributed by atoms with Crippen LogP contribution in [0.2, 0.25) is 0 Å². The highest BCUT2D eigenvalue weighted by atomic mass is 32.2. The molecule has 0 amide bonds. The summed E-state index contributed by atoms with van der Waals surface area (Å²) in [6.07, 6.45) is 15.5. The highest BCUT2D eigenvalue weighted by Crippen LogP contribution is 2.30. The summed E-state index contributed by atoms with van der Waals surface area (Å²) in [5.74, 6) is 0. The van der Waals surface area contributed by atoms with Crippen LogP contribution in [0.3, 0.4) is 0 Å². The van der Waals surface area contributed by atoms with Crippen LogP contribution in [0.4, 0.5) is 0 Å². The molecule has 2 nitrogen and oxygen atoms in total. The summed E-state index contributed by atoms with van der Waals surface area (Å²) < 4.78 is 0. The molecule has 1 aliphatic rings. The third kappa shape index (κ3) is 10.6. The van der Waals surface area contributed by atoms with Gasteiger partial charge in [0.2, 0.25) is 0 Å². The third-order valence-electron chi connectivity index (χ3n) is 8.24. The molecule has 44 heavy (non-hydrogen) atoms. The molecule has 0 bridgehead atoms. The Labute approximate surface area is 284 Å². The quantitative estimate of drug-likeness (QED) is 0.143. The maximum Gasteiger partial charge on any atom is 0.0251 e. The Hall–Kier alpha value is -1.80. The van der Waals surface area contributed by atoms with Crippen LogP contribution < -0.4 is 5.32 Å². The lowest BCUT2D eigenvalue weighted by Crippen LogP contribution is -2.36. The van der Waals surface area contributed by atoms with Gasteiger partial charge >= 0.3 is 0 Å². The molecule has 1 N–H and O–H groups in total. The van der Waals surface area contributed by atoms with Gasteiger partial charge in [-0.05, 0) is 84.4 Å². The smallest absolute Gasteiger partial charge is 0.0251 e.